The molecule has 0 spiro atoms. The first-order valence-corrected chi connectivity index (χ1v) is 5.14. The lowest BCUT2D eigenvalue weighted by molar-refractivity contribution is 0.327. The second-order valence-corrected chi connectivity index (χ2v) is 5.26. The maximum absolute atomic E-state index is 6.21. The van der Waals surface area contributed by atoms with Gasteiger partial charge in [0, 0.05) is 6.04 Å². The van der Waals surface area contributed by atoms with Crippen LogP contribution in [0.2, 0.25) is 0 Å². The molecule has 0 radical (unpaired) electrons. The van der Waals surface area contributed by atoms with Gasteiger partial charge in [0.05, 0.1) is 0 Å². The Morgan fingerprint density at radius 3 is 1.79 bits per heavy atom. The Labute approximate surface area is 87.3 Å². The second kappa shape index (κ2) is 3.74. The Balaban J connectivity index is 3.07. The van der Waals surface area contributed by atoms with Crippen LogP contribution < -0.4 is 5.73 Å². The first-order chi connectivity index (χ1) is 6.30. The molecule has 0 amide bonds. The van der Waals surface area contributed by atoms with Crippen molar-refractivity contribution in [3.8, 4) is 0 Å². The average molecular weight is 191 g/mol. The molecule has 0 saturated heterocycles. The zero-order chi connectivity index (χ0) is 10.9. The minimum absolute atomic E-state index is 0.112. The highest BCUT2D eigenvalue weighted by molar-refractivity contribution is 5.31. The van der Waals surface area contributed by atoms with Gasteiger partial charge in [-0.3, -0.25) is 0 Å². The molecule has 1 atom stereocenters. The van der Waals surface area contributed by atoms with Crippen molar-refractivity contribution >= 4 is 0 Å². The Morgan fingerprint density at radius 2 is 1.43 bits per heavy atom. The number of hydrogen-bond acceptors (Lipinski definition) is 1. The fourth-order valence-corrected chi connectivity index (χ4v) is 1.69. The largest absolute Gasteiger partial charge is 0.324 e. The predicted molar refractivity (Wildman–Crippen MR) is 62.3 cm³/mol. The minimum atomic E-state index is 0.112. The molecule has 78 valence electrons. The van der Waals surface area contributed by atoms with Crippen molar-refractivity contribution in [3.63, 3.8) is 0 Å². The lowest BCUT2D eigenvalue weighted by Gasteiger charge is -2.28. The summed E-state index contributed by atoms with van der Waals surface area (Å²) in [7, 11) is 0. The van der Waals surface area contributed by atoms with Crippen molar-refractivity contribution < 1.29 is 0 Å². The molecular weight excluding hydrogens is 170 g/mol. The van der Waals surface area contributed by atoms with E-state index in [1.165, 1.54) is 16.7 Å². The summed E-state index contributed by atoms with van der Waals surface area (Å²) in [6.45, 7) is 10.8. The first-order valence-electron chi connectivity index (χ1n) is 5.14. The van der Waals surface area contributed by atoms with E-state index in [0.29, 0.717) is 0 Å². The van der Waals surface area contributed by atoms with Crippen LogP contribution in [-0.4, -0.2) is 0 Å². The van der Waals surface area contributed by atoms with Gasteiger partial charge in [0.2, 0.25) is 0 Å². The number of rotatable bonds is 1. The third-order valence-electron chi connectivity index (χ3n) is 2.54. The standard InChI is InChI=1S/C13H21N/c1-9-6-10(2)8-11(7-9)12(14)13(3,4)5/h6-8,12H,14H2,1-5H3. The van der Waals surface area contributed by atoms with E-state index in [-0.39, 0.29) is 11.5 Å². The van der Waals surface area contributed by atoms with Gasteiger partial charge in [0.25, 0.3) is 0 Å². The van der Waals surface area contributed by atoms with Gasteiger partial charge in [0.1, 0.15) is 0 Å². The summed E-state index contributed by atoms with van der Waals surface area (Å²) in [6.07, 6.45) is 0. The van der Waals surface area contributed by atoms with E-state index < -0.39 is 0 Å². The van der Waals surface area contributed by atoms with Crippen LogP contribution >= 0.6 is 0 Å². The van der Waals surface area contributed by atoms with Gasteiger partial charge in [-0.1, -0.05) is 50.1 Å². The van der Waals surface area contributed by atoms with E-state index in [9.17, 15) is 0 Å². The Morgan fingerprint density at radius 1 is 1.00 bits per heavy atom. The number of benzene rings is 1. The molecule has 0 aliphatic carbocycles. The van der Waals surface area contributed by atoms with Crippen molar-refractivity contribution in [1.82, 2.24) is 0 Å². The van der Waals surface area contributed by atoms with E-state index in [4.69, 9.17) is 5.73 Å². The van der Waals surface area contributed by atoms with Crippen molar-refractivity contribution in [1.29, 1.82) is 0 Å². The summed E-state index contributed by atoms with van der Waals surface area (Å²) in [6, 6.07) is 6.66. The summed E-state index contributed by atoms with van der Waals surface area (Å²) < 4.78 is 0. The molecule has 1 aromatic rings. The molecule has 1 aromatic carbocycles. The van der Waals surface area contributed by atoms with E-state index in [0.717, 1.165) is 0 Å². The Kier molecular flexibility index (Phi) is 3.01. The SMILES string of the molecule is Cc1cc(C)cc(C(N)C(C)(C)C)c1. The molecule has 1 heteroatoms. The molecular formula is C13H21N. The van der Waals surface area contributed by atoms with Gasteiger partial charge in [-0.2, -0.15) is 0 Å². The van der Waals surface area contributed by atoms with Gasteiger partial charge >= 0.3 is 0 Å². The van der Waals surface area contributed by atoms with E-state index in [1.54, 1.807) is 0 Å². The topological polar surface area (TPSA) is 26.0 Å². The van der Waals surface area contributed by atoms with Crippen LogP contribution in [0.25, 0.3) is 0 Å². The fourth-order valence-electron chi connectivity index (χ4n) is 1.69. The van der Waals surface area contributed by atoms with Crippen LogP contribution in [0.5, 0.6) is 0 Å². The number of aryl methyl sites for hydroxylation is 2. The van der Waals surface area contributed by atoms with Crippen molar-refractivity contribution in [3.05, 3.63) is 34.9 Å². The van der Waals surface area contributed by atoms with E-state index in [2.05, 4.69) is 52.8 Å². The molecule has 14 heavy (non-hydrogen) atoms. The average Bonchev–Trinajstić information content (AvgIpc) is 1.99. The molecule has 1 unspecified atom stereocenters. The normalized spacial score (nSPS) is 14.1. The third kappa shape index (κ3) is 2.58. The zero-order valence-corrected chi connectivity index (χ0v) is 9.89. The third-order valence-corrected chi connectivity index (χ3v) is 2.54. The van der Waals surface area contributed by atoms with Crippen molar-refractivity contribution in [2.45, 2.75) is 40.7 Å². The quantitative estimate of drug-likeness (QED) is 0.723. The monoisotopic (exact) mass is 191 g/mol. The summed E-state index contributed by atoms with van der Waals surface area (Å²) in [4.78, 5) is 0. The number of nitrogens with two attached hydrogens (primary N) is 1. The molecule has 1 nitrogen and oxygen atoms in total. The molecule has 0 aliphatic rings. The summed E-state index contributed by atoms with van der Waals surface area (Å²) in [5.74, 6) is 0. The Hall–Kier alpha value is -0.820. The molecule has 0 aliphatic heterocycles. The summed E-state index contributed by atoms with van der Waals surface area (Å²) in [5, 5.41) is 0. The highest BCUT2D eigenvalue weighted by atomic mass is 14.7. The Bertz CT molecular complexity index is 300. The fraction of sp³-hybridized carbons (Fsp3) is 0.538. The van der Waals surface area contributed by atoms with Crippen LogP contribution in [0.1, 0.15) is 43.5 Å². The van der Waals surface area contributed by atoms with Gasteiger partial charge in [-0.25, -0.2) is 0 Å². The second-order valence-electron chi connectivity index (χ2n) is 5.26. The maximum atomic E-state index is 6.21. The van der Waals surface area contributed by atoms with Crippen LogP contribution in [0.15, 0.2) is 18.2 Å². The molecule has 0 aromatic heterocycles. The lowest BCUT2D eigenvalue weighted by atomic mass is 9.82. The first kappa shape index (κ1) is 11.3. The minimum Gasteiger partial charge on any atom is -0.324 e. The highest BCUT2D eigenvalue weighted by Crippen LogP contribution is 2.31. The van der Waals surface area contributed by atoms with Crippen LogP contribution in [0, 0.1) is 19.3 Å². The molecule has 0 saturated carbocycles. The van der Waals surface area contributed by atoms with Crippen LogP contribution in [0.4, 0.5) is 0 Å². The number of hydrogen-bond donors (Lipinski definition) is 1. The molecule has 2 N–H and O–H groups in total. The smallest absolute Gasteiger partial charge is 0.0344 e. The molecule has 0 heterocycles. The van der Waals surface area contributed by atoms with Gasteiger partial charge < -0.3 is 5.73 Å². The molecule has 0 fully saturated rings. The van der Waals surface area contributed by atoms with Gasteiger partial charge in [0.15, 0.2) is 0 Å². The van der Waals surface area contributed by atoms with Crippen molar-refractivity contribution in [2.24, 2.45) is 11.1 Å². The van der Waals surface area contributed by atoms with Crippen LogP contribution in [0.3, 0.4) is 0 Å². The highest BCUT2D eigenvalue weighted by Gasteiger charge is 2.22. The van der Waals surface area contributed by atoms with Crippen LogP contribution in [-0.2, 0) is 0 Å². The molecule has 0 bridgehead atoms. The van der Waals surface area contributed by atoms with Crippen molar-refractivity contribution in [2.75, 3.05) is 0 Å². The van der Waals surface area contributed by atoms with Gasteiger partial charge in [-0.15, -0.1) is 0 Å². The lowest BCUT2D eigenvalue weighted by Crippen LogP contribution is -2.26. The summed E-state index contributed by atoms with van der Waals surface area (Å²) >= 11 is 0. The zero-order valence-electron chi connectivity index (χ0n) is 9.89. The van der Waals surface area contributed by atoms with E-state index in [1.807, 2.05) is 0 Å². The molecule has 1 rings (SSSR count). The maximum Gasteiger partial charge on any atom is 0.0344 e. The summed E-state index contributed by atoms with van der Waals surface area (Å²) in [5.41, 5.74) is 10.2. The van der Waals surface area contributed by atoms with E-state index >= 15 is 0 Å². The van der Waals surface area contributed by atoms with Gasteiger partial charge in [-0.05, 0) is 24.8 Å². The predicted octanol–water partition coefficient (Wildman–Crippen LogP) is 3.35.